The van der Waals surface area contributed by atoms with Gasteiger partial charge in [-0.25, -0.2) is 17.9 Å². The minimum atomic E-state index is -3.69. The quantitative estimate of drug-likeness (QED) is 0.389. The van der Waals surface area contributed by atoms with Crippen molar-refractivity contribution in [3.05, 3.63) is 95.5 Å². The standard InChI is InChI=1S/C22H20N2O6S/c23-22(26)18-8-3-17(4-9-18)15-30-21(25)12-7-16-5-10-20(11-6-16)31(27,28)24-14-19-2-1-13-29-19/h1-13,24H,14-15H2,(H2,23,26)/b12-7+. The van der Waals surface area contributed by atoms with Gasteiger partial charge in [-0.15, -0.1) is 0 Å². The fourth-order valence-electron chi connectivity index (χ4n) is 2.55. The van der Waals surface area contributed by atoms with Gasteiger partial charge in [0, 0.05) is 11.6 Å². The van der Waals surface area contributed by atoms with E-state index in [4.69, 9.17) is 14.9 Å². The van der Waals surface area contributed by atoms with Gasteiger partial charge in [0.1, 0.15) is 12.4 Å². The molecule has 1 aromatic heterocycles. The van der Waals surface area contributed by atoms with Gasteiger partial charge in [0.05, 0.1) is 17.7 Å². The highest BCUT2D eigenvalue weighted by Gasteiger charge is 2.14. The molecule has 3 N–H and O–H groups in total. The molecule has 0 aliphatic carbocycles. The van der Waals surface area contributed by atoms with E-state index in [0.717, 1.165) is 0 Å². The summed E-state index contributed by atoms with van der Waals surface area (Å²) >= 11 is 0. The topological polar surface area (TPSA) is 129 Å². The minimum absolute atomic E-state index is 0.0424. The summed E-state index contributed by atoms with van der Waals surface area (Å²) in [6.45, 7) is 0.0921. The van der Waals surface area contributed by atoms with Crippen molar-refractivity contribution in [2.45, 2.75) is 18.0 Å². The first-order chi connectivity index (χ1) is 14.8. The Morgan fingerprint density at radius 3 is 2.35 bits per heavy atom. The lowest BCUT2D eigenvalue weighted by Gasteiger charge is -2.06. The van der Waals surface area contributed by atoms with Gasteiger partial charge in [0.2, 0.25) is 15.9 Å². The SMILES string of the molecule is NC(=O)c1ccc(COC(=O)/C=C/c2ccc(S(=O)(=O)NCc3ccco3)cc2)cc1. The average Bonchev–Trinajstić information content (AvgIpc) is 3.29. The Labute approximate surface area is 179 Å². The van der Waals surface area contributed by atoms with E-state index in [1.165, 1.54) is 30.5 Å². The van der Waals surface area contributed by atoms with E-state index in [1.807, 2.05) is 0 Å². The van der Waals surface area contributed by atoms with Crippen LogP contribution in [0.2, 0.25) is 0 Å². The average molecular weight is 440 g/mol. The molecular formula is C22H20N2O6S. The van der Waals surface area contributed by atoms with Crippen LogP contribution >= 0.6 is 0 Å². The molecule has 1 amide bonds. The number of ether oxygens (including phenoxy) is 1. The third-order valence-electron chi connectivity index (χ3n) is 4.24. The van der Waals surface area contributed by atoms with Crippen LogP contribution in [0, 0.1) is 0 Å². The molecule has 0 aliphatic rings. The molecule has 0 bridgehead atoms. The number of esters is 1. The molecule has 9 heteroatoms. The van der Waals surface area contributed by atoms with Gasteiger partial charge >= 0.3 is 5.97 Å². The summed E-state index contributed by atoms with van der Waals surface area (Å²) in [5.74, 6) is -0.583. The van der Waals surface area contributed by atoms with Crippen LogP contribution in [0.5, 0.6) is 0 Å². The molecule has 31 heavy (non-hydrogen) atoms. The third-order valence-corrected chi connectivity index (χ3v) is 5.66. The molecule has 0 spiro atoms. The molecule has 0 aliphatic heterocycles. The lowest BCUT2D eigenvalue weighted by atomic mass is 10.1. The molecule has 0 saturated heterocycles. The Morgan fingerprint density at radius 2 is 1.74 bits per heavy atom. The Hall–Kier alpha value is -3.69. The Bertz CT molecular complexity index is 1170. The van der Waals surface area contributed by atoms with Crippen LogP contribution in [0.15, 0.2) is 82.3 Å². The lowest BCUT2D eigenvalue weighted by molar-refractivity contribution is -0.138. The lowest BCUT2D eigenvalue weighted by Crippen LogP contribution is -2.22. The Morgan fingerprint density at radius 1 is 1.03 bits per heavy atom. The number of nitrogens with two attached hydrogens (primary N) is 1. The summed E-state index contributed by atoms with van der Waals surface area (Å²) in [5.41, 5.74) is 6.89. The van der Waals surface area contributed by atoms with Crippen molar-refractivity contribution in [2.75, 3.05) is 0 Å². The highest BCUT2D eigenvalue weighted by atomic mass is 32.2. The third kappa shape index (κ3) is 6.39. The second kappa shape index (κ2) is 9.88. The summed E-state index contributed by atoms with van der Waals surface area (Å²) < 4.78 is 37.3. The number of furan rings is 1. The number of hydrogen-bond donors (Lipinski definition) is 2. The zero-order valence-electron chi connectivity index (χ0n) is 16.4. The van der Waals surface area contributed by atoms with Crippen molar-refractivity contribution in [2.24, 2.45) is 5.73 Å². The van der Waals surface area contributed by atoms with Crippen molar-refractivity contribution >= 4 is 28.0 Å². The number of carbonyl (C=O) groups excluding carboxylic acids is 2. The first kappa shape index (κ1) is 22.0. The molecule has 3 aromatic rings. The summed E-state index contributed by atoms with van der Waals surface area (Å²) in [7, 11) is -3.69. The maximum absolute atomic E-state index is 12.3. The van der Waals surface area contributed by atoms with Gasteiger partial charge in [0.25, 0.3) is 0 Å². The minimum Gasteiger partial charge on any atom is -0.468 e. The maximum atomic E-state index is 12.3. The van der Waals surface area contributed by atoms with Gasteiger partial charge in [-0.05, 0) is 53.6 Å². The van der Waals surface area contributed by atoms with Gasteiger partial charge in [-0.2, -0.15) is 0 Å². The van der Waals surface area contributed by atoms with E-state index >= 15 is 0 Å². The van der Waals surface area contributed by atoms with Crippen molar-refractivity contribution in [3.8, 4) is 0 Å². The van der Waals surface area contributed by atoms with Crippen LogP contribution in [0.25, 0.3) is 6.08 Å². The number of primary amides is 1. The van der Waals surface area contributed by atoms with Crippen molar-refractivity contribution < 1.29 is 27.2 Å². The van der Waals surface area contributed by atoms with Crippen LogP contribution in [-0.2, 0) is 32.7 Å². The van der Waals surface area contributed by atoms with Crippen LogP contribution in [0.3, 0.4) is 0 Å². The number of sulfonamides is 1. The summed E-state index contributed by atoms with van der Waals surface area (Å²) in [6, 6.07) is 15.8. The van der Waals surface area contributed by atoms with Crippen molar-refractivity contribution in [1.82, 2.24) is 4.72 Å². The monoisotopic (exact) mass is 440 g/mol. The number of rotatable bonds is 9. The molecule has 2 aromatic carbocycles. The van der Waals surface area contributed by atoms with E-state index in [9.17, 15) is 18.0 Å². The van der Waals surface area contributed by atoms with Gasteiger partial charge in [-0.1, -0.05) is 24.3 Å². The second-order valence-electron chi connectivity index (χ2n) is 6.48. The van der Waals surface area contributed by atoms with E-state index < -0.39 is 21.9 Å². The highest BCUT2D eigenvalue weighted by Crippen LogP contribution is 2.13. The summed E-state index contributed by atoms with van der Waals surface area (Å²) in [5, 5.41) is 0. The zero-order valence-corrected chi connectivity index (χ0v) is 17.2. The van der Waals surface area contributed by atoms with Crippen molar-refractivity contribution in [1.29, 1.82) is 0 Å². The normalized spacial score (nSPS) is 11.5. The van der Waals surface area contributed by atoms with Gasteiger partial charge in [0.15, 0.2) is 0 Å². The predicted molar refractivity (Wildman–Crippen MR) is 113 cm³/mol. The highest BCUT2D eigenvalue weighted by molar-refractivity contribution is 7.89. The number of nitrogens with one attached hydrogen (secondary N) is 1. The zero-order chi connectivity index (χ0) is 22.3. The van der Waals surface area contributed by atoms with Crippen LogP contribution in [0.4, 0.5) is 0 Å². The molecule has 0 radical (unpaired) electrons. The fraction of sp³-hybridized carbons (Fsp3) is 0.0909. The Balaban J connectivity index is 1.52. The molecule has 0 fully saturated rings. The first-order valence-corrected chi connectivity index (χ1v) is 10.7. The van der Waals surface area contributed by atoms with E-state index in [-0.39, 0.29) is 18.0 Å². The molecule has 1 heterocycles. The molecule has 0 saturated carbocycles. The maximum Gasteiger partial charge on any atom is 0.331 e. The number of benzene rings is 2. The van der Waals surface area contributed by atoms with Crippen LogP contribution in [-0.4, -0.2) is 20.3 Å². The van der Waals surface area contributed by atoms with E-state index in [0.29, 0.717) is 22.5 Å². The molecule has 0 unspecified atom stereocenters. The summed E-state index contributed by atoms with van der Waals surface area (Å²) in [6.07, 6.45) is 4.23. The molecule has 3 rings (SSSR count). The Kier molecular flexibility index (Phi) is 7.01. The molecule has 0 atom stereocenters. The number of amides is 1. The summed E-state index contributed by atoms with van der Waals surface area (Å²) in [4.78, 5) is 23.0. The van der Waals surface area contributed by atoms with Gasteiger partial charge in [-0.3, -0.25) is 4.79 Å². The molecule has 160 valence electrons. The van der Waals surface area contributed by atoms with E-state index in [2.05, 4.69) is 4.72 Å². The largest absolute Gasteiger partial charge is 0.468 e. The fourth-order valence-corrected chi connectivity index (χ4v) is 3.55. The van der Waals surface area contributed by atoms with Crippen LogP contribution < -0.4 is 10.5 Å². The number of carbonyl (C=O) groups is 2. The van der Waals surface area contributed by atoms with E-state index in [1.54, 1.807) is 48.5 Å². The van der Waals surface area contributed by atoms with Gasteiger partial charge < -0.3 is 14.9 Å². The second-order valence-corrected chi connectivity index (χ2v) is 8.24. The molecule has 8 nitrogen and oxygen atoms in total. The smallest absolute Gasteiger partial charge is 0.331 e. The van der Waals surface area contributed by atoms with Crippen LogP contribution in [0.1, 0.15) is 27.2 Å². The predicted octanol–water partition coefficient (Wildman–Crippen LogP) is 2.61. The van der Waals surface area contributed by atoms with Crippen molar-refractivity contribution in [3.63, 3.8) is 0 Å². The first-order valence-electron chi connectivity index (χ1n) is 9.19. The molecular weight excluding hydrogens is 420 g/mol. The number of hydrogen-bond acceptors (Lipinski definition) is 6.